The van der Waals surface area contributed by atoms with Crippen molar-refractivity contribution >= 4 is 11.9 Å². The van der Waals surface area contributed by atoms with Crippen LogP contribution in [-0.4, -0.2) is 31.0 Å². The number of nitrogens with zero attached hydrogens (tertiary/aromatic N) is 1. The number of hydrogen-bond donors (Lipinski definition) is 0. The summed E-state index contributed by atoms with van der Waals surface area (Å²) in [6, 6.07) is 24.6. The summed E-state index contributed by atoms with van der Waals surface area (Å²) < 4.78 is 10.4. The Kier molecular flexibility index (Phi) is 6.63. The first-order chi connectivity index (χ1) is 14.1. The van der Waals surface area contributed by atoms with Gasteiger partial charge in [-0.1, -0.05) is 60.7 Å². The second-order valence-electron chi connectivity index (χ2n) is 6.49. The molecule has 0 heterocycles. The van der Waals surface area contributed by atoms with E-state index >= 15 is 0 Å². The SMILES string of the molecule is COC(=O)[C@@H](c1ccccc1)N(Cc1cccc(OC)c1)C(=O)c1ccccc1. The quantitative estimate of drug-likeness (QED) is 0.567. The van der Waals surface area contributed by atoms with Gasteiger partial charge in [0.2, 0.25) is 0 Å². The minimum absolute atomic E-state index is 0.222. The lowest BCUT2D eigenvalue weighted by Crippen LogP contribution is -2.39. The average Bonchev–Trinajstić information content (AvgIpc) is 2.79. The van der Waals surface area contributed by atoms with E-state index in [0.29, 0.717) is 16.9 Å². The zero-order valence-corrected chi connectivity index (χ0v) is 16.4. The summed E-state index contributed by atoms with van der Waals surface area (Å²) in [6.45, 7) is 0.222. The van der Waals surface area contributed by atoms with Crippen LogP contribution in [-0.2, 0) is 16.1 Å². The predicted octanol–water partition coefficient (Wildman–Crippen LogP) is 4.25. The molecule has 0 radical (unpaired) electrons. The number of ether oxygens (including phenoxy) is 2. The highest BCUT2D eigenvalue weighted by molar-refractivity contribution is 5.97. The van der Waals surface area contributed by atoms with Gasteiger partial charge >= 0.3 is 5.97 Å². The van der Waals surface area contributed by atoms with Gasteiger partial charge in [-0.05, 0) is 35.4 Å². The van der Waals surface area contributed by atoms with Gasteiger partial charge in [-0.3, -0.25) is 4.79 Å². The lowest BCUT2D eigenvalue weighted by atomic mass is 10.0. The van der Waals surface area contributed by atoms with Crippen molar-refractivity contribution in [2.75, 3.05) is 14.2 Å². The van der Waals surface area contributed by atoms with Gasteiger partial charge < -0.3 is 14.4 Å². The molecule has 0 N–H and O–H groups in total. The molecular formula is C24H23NO4. The number of carbonyl (C=O) groups excluding carboxylic acids is 2. The highest BCUT2D eigenvalue weighted by Gasteiger charge is 2.33. The number of carbonyl (C=O) groups is 2. The Bertz CT molecular complexity index is 957. The summed E-state index contributed by atoms with van der Waals surface area (Å²) in [5.41, 5.74) is 2.03. The zero-order valence-electron chi connectivity index (χ0n) is 16.4. The van der Waals surface area contributed by atoms with E-state index in [1.807, 2.05) is 60.7 Å². The van der Waals surface area contributed by atoms with E-state index in [4.69, 9.17) is 9.47 Å². The Morgan fingerprint density at radius 2 is 1.52 bits per heavy atom. The lowest BCUT2D eigenvalue weighted by molar-refractivity contribution is -0.146. The molecule has 0 aliphatic carbocycles. The van der Waals surface area contributed by atoms with Crippen molar-refractivity contribution in [1.82, 2.24) is 4.90 Å². The summed E-state index contributed by atoms with van der Waals surface area (Å²) in [5, 5.41) is 0. The molecule has 5 nitrogen and oxygen atoms in total. The van der Waals surface area contributed by atoms with Crippen molar-refractivity contribution in [3.63, 3.8) is 0 Å². The molecule has 1 atom stereocenters. The van der Waals surface area contributed by atoms with Gasteiger partial charge in [0.25, 0.3) is 5.91 Å². The van der Waals surface area contributed by atoms with Crippen LogP contribution in [0.2, 0.25) is 0 Å². The second kappa shape index (κ2) is 9.55. The van der Waals surface area contributed by atoms with Gasteiger partial charge in [0.15, 0.2) is 6.04 Å². The van der Waals surface area contributed by atoms with Crippen LogP contribution in [0.4, 0.5) is 0 Å². The number of hydrogen-bond acceptors (Lipinski definition) is 4. The molecule has 1 amide bonds. The molecule has 0 bridgehead atoms. The van der Waals surface area contributed by atoms with Crippen molar-refractivity contribution in [2.24, 2.45) is 0 Å². The fourth-order valence-corrected chi connectivity index (χ4v) is 3.18. The van der Waals surface area contributed by atoms with E-state index in [1.54, 1.807) is 31.4 Å². The van der Waals surface area contributed by atoms with Crippen LogP contribution in [0.1, 0.15) is 27.5 Å². The Morgan fingerprint density at radius 1 is 0.862 bits per heavy atom. The Labute approximate surface area is 170 Å². The first-order valence-corrected chi connectivity index (χ1v) is 9.25. The molecule has 148 valence electrons. The first-order valence-electron chi connectivity index (χ1n) is 9.25. The van der Waals surface area contributed by atoms with E-state index in [1.165, 1.54) is 12.0 Å². The van der Waals surface area contributed by atoms with E-state index in [9.17, 15) is 9.59 Å². The van der Waals surface area contributed by atoms with Crippen LogP contribution in [0, 0.1) is 0 Å². The predicted molar refractivity (Wildman–Crippen MR) is 111 cm³/mol. The number of amides is 1. The largest absolute Gasteiger partial charge is 0.497 e. The minimum atomic E-state index is -0.875. The second-order valence-corrected chi connectivity index (χ2v) is 6.49. The molecule has 0 aromatic heterocycles. The molecule has 3 aromatic carbocycles. The summed E-state index contributed by atoms with van der Waals surface area (Å²) in [5.74, 6) is -0.0695. The van der Waals surface area contributed by atoms with Crippen molar-refractivity contribution in [3.05, 3.63) is 102 Å². The topological polar surface area (TPSA) is 55.8 Å². The van der Waals surface area contributed by atoms with E-state index < -0.39 is 12.0 Å². The summed E-state index contributed by atoms with van der Waals surface area (Å²) in [4.78, 5) is 27.7. The minimum Gasteiger partial charge on any atom is -0.497 e. The Balaban J connectivity index is 2.06. The molecule has 0 aliphatic rings. The number of benzene rings is 3. The van der Waals surface area contributed by atoms with Crippen LogP contribution in [0.15, 0.2) is 84.9 Å². The van der Waals surface area contributed by atoms with Crippen LogP contribution < -0.4 is 4.74 Å². The number of esters is 1. The third-order valence-electron chi connectivity index (χ3n) is 4.62. The molecule has 0 fully saturated rings. The fourth-order valence-electron chi connectivity index (χ4n) is 3.18. The molecule has 0 saturated carbocycles. The van der Waals surface area contributed by atoms with Crippen LogP contribution >= 0.6 is 0 Å². The maximum Gasteiger partial charge on any atom is 0.333 e. The van der Waals surface area contributed by atoms with Crippen molar-refractivity contribution in [1.29, 1.82) is 0 Å². The third-order valence-corrected chi connectivity index (χ3v) is 4.62. The monoisotopic (exact) mass is 389 g/mol. The van der Waals surface area contributed by atoms with Crippen LogP contribution in [0.3, 0.4) is 0 Å². The van der Waals surface area contributed by atoms with Gasteiger partial charge in [-0.15, -0.1) is 0 Å². The maximum atomic E-state index is 13.4. The lowest BCUT2D eigenvalue weighted by Gasteiger charge is -2.30. The molecule has 5 heteroatoms. The van der Waals surface area contributed by atoms with Gasteiger partial charge in [-0.25, -0.2) is 4.79 Å². The zero-order chi connectivity index (χ0) is 20.6. The smallest absolute Gasteiger partial charge is 0.333 e. The van der Waals surface area contributed by atoms with Gasteiger partial charge in [0.1, 0.15) is 5.75 Å². The highest BCUT2D eigenvalue weighted by Crippen LogP contribution is 2.27. The van der Waals surface area contributed by atoms with Crippen LogP contribution in [0.5, 0.6) is 5.75 Å². The Hall–Kier alpha value is -3.60. The van der Waals surface area contributed by atoms with Gasteiger partial charge in [0, 0.05) is 12.1 Å². The maximum absolute atomic E-state index is 13.4. The fraction of sp³-hybridized carbons (Fsp3) is 0.167. The molecule has 29 heavy (non-hydrogen) atoms. The van der Waals surface area contributed by atoms with Crippen molar-refractivity contribution in [3.8, 4) is 5.75 Å². The standard InChI is InChI=1S/C24H23NO4/c1-28-21-15-9-10-18(16-21)17-25(23(26)20-13-7-4-8-14-20)22(24(27)29-2)19-11-5-3-6-12-19/h3-16,22H,17H2,1-2H3/t22-/m1/s1. The molecule has 0 aliphatic heterocycles. The average molecular weight is 389 g/mol. The molecule has 0 unspecified atom stereocenters. The third kappa shape index (κ3) is 4.82. The van der Waals surface area contributed by atoms with E-state index in [0.717, 1.165) is 5.56 Å². The van der Waals surface area contributed by atoms with E-state index in [2.05, 4.69) is 0 Å². The van der Waals surface area contributed by atoms with Crippen LogP contribution in [0.25, 0.3) is 0 Å². The summed E-state index contributed by atoms with van der Waals surface area (Å²) in [6.07, 6.45) is 0. The summed E-state index contributed by atoms with van der Waals surface area (Å²) >= 11 is 0. The van der Waals surface area contributed by atoms with Crippen molar-refractivity contribution in [2.45, 2.75) is 12.6 Å². The first kappa shape index (κ1) is 20.1. The van der Waals surface area contributed by atoms with Gasteiger partial charge in [0.05, 0.1) is 14.2 Å². The molecular weight excluding hydrogens is 366 g/mol. The molecule has 3 aromatic rings. The highest BCUT2D eigenvalue weighted by atomic mass is 16.5. The van der Waals surface area contributed by atoms with Gasteiger partial charge in [-0.2, -0.15) is 0 Å². The summed E-state index contributed by atoms with van der Waals surface area (Å²) in [7, 11) is 2.92. The molecule has 0 saturated heterocycles. The van der Waals surface area contributed by atoms with E-state index in [-0.39, 0.29) is 12.5 Å². The number of rotatable bonds is 7. The molecule has 3 rings (SSSR count). The molecule has 0 spiro atoms. The number of methoxy groups -OCH3 is 2. The Morgan fingerprint density at radius 3 is 2.14 bits per heavy atom. The normalized spacial score (nSPS) is 11.4. The van der Waals surface area contributed by atoms with Crippen molar-refractivity contribution < 1.29 is 19.1 Å².